The summed E-state index contributed by atoms with van der Waals surface area (Å²) in [7, 11) is 0. The number of hydrogen-bond acceptors (Lipinski definition) is 3. The van der Waals surface area contributed by atoms with E-state index in [-0.39, 0.29) is 0 Å². The number of hydrogen-bond donors (Lipinski definition) is 1. The van der Waals surface area contributed by atoms with Crippen LogP contribution in [0, 0.1) is 0 Å². The number of nitrogens with one attached hydrogen (secondary N) is 1. The lowest BCUT2D eigenvalue weighted by atomic mass is 9.88. The molecule has 0 aliphatic carbocycles. The molecule has 1 atom stereocenters. The standard InChI is InChI=1S/C16H27N3/c1-4-15-11-18-16(5-2,6-3)13-19(15)12-14-7-9-17-10-8-14/h7-10,15,18H,4-6,11-13H2,1-3H3. The summed E-state index contributed by atoms with van der Waals surface area (Å²) in [5, 5.41) is 3.79. The van der Waals surface area contributed by atoms with Crippen LogP contribution in [0.15, 0.2) is 24.5 Å². The summed E-state index contributed by atoms with van der Waals surface area (Å²) in [6.07, 6.45) is 7.40. The molecule has 19 heavy (non-hydrogen) atoms. The number of rotatable bonds is 5. The summed E-state index contributed by atoms with van der Waals surface area (Å²) in [6, 6.07) is 4.92. The van der Waals surface area contributed by atoms with Crippen molar-refractivity contribution in [1.82, 2.24) is 15.2 Å². The molecule has 3 heteroatoms. The molecule has 1 saturated heterocycles. The van der Waals surface area contributed by atoms with Crippen LogP contribution in [0.5, 0.6) is 0 Å². The molecule has 106 valence electrons. The van der Waals surface area contributed by atoms with Crippen LogP contribution in [0.25, 0.3) is 0 Å². The largest absolute Gasteiger partial charge is 0.308 e. The highest BCUT2D eigenvalue weighted by molar-refractivity contribution is 5.10. The Morgan fingerprint density at radius 1 is 1.26 bits per heavy atom. The maximum Gasteiger partial charge on any atom is 0.0304 e. The van der Waals surface area contributed by atoms with Crippen LogP contribution in [0.1, 0.15) is 45.6 Å². The van der Waals surface area contributed by atoms with Crippen LogP contribution < -0.4 is 5.32 Å². The third-order valence-electron chi connectivity index (χ3n) is 4.69. The zero-order chi connectivity index (χ0) is 13.7. The van der Waals surface area contributed by atoms with Gasteiger partial charge in [-0.25, -0.2) is 0 Å². The Kier molecular flexibility index (Phi) is 4.94. The molecule has 1 fully saturated rings. The molecular weight excluding hydrogens is 234 g/mol. The van der Waals surface area contributed by atoms with E-state index in [4.69, 9.17) is 0 Å². The lowest BCUT2D eigenvalue weighted by Crippen LogP contribution is -2.63. The minimum Gasteiger partial charge on any atom is -0.308 e. The van der Waals surface area contributed by atoms with E-state index in [2.05, 4.69) is 48.1 Å². The van der Waals surface area contributed by atoms with Gasteiger partial charge >= 0.3 is 0 Å². The van der Waals surface area contributed by atoms with Gasteiger partial charge in [-0.1, -0.05) is 20.8 Å². The first-order chi connectivity index (χ1) is 9.23. The van der Waals surface area contributed by atoms with Gasteiger partial charge in [0, 0.05) is 43.6 Å². The lowest BCUT2D eigenvalue weighted by Gasteiger charge is -2.47. The Balaban J connectivity index is 2.10. The van der Waals surface area contributed by atoms with Gasteiger partial charge < -0.3 is 5.32 Å². The number of piperazine rings is 1. The maximum atomic E-state index is 4.11. The predicted octanol–water partition coefficient (Wildman–Crippen LogP) is 2.82. The van der Waals surface area contributed by atoms with E-state index in [1.807, 2.05) is 12.4 Å². The molecule has 1 aliphatic rings. The Morgan fingerprint density at radius 2 is 1.95 bits per heavy atom. The maximum absolute atomic E-state index is 4.11. The first-order valence-electron chi connectivity index (χ1n) is 7.61. The molecule has 0 aromatic carbocycles. The topological polar surface area (TPSA) is 28.2 Å². The average Bonchev–Trinajstić information content (AvgIpc) is 2.48. The number of pyridine rings is 1. The Morgan fingerprint density at radius 3 is 2.53 bits per heavy atom. The molecule has 0 spiro atoms. The van der Waals surface area contributed by atoms with Crippen LogP contribution in [0.4, 0.5) is 0 Å². The fourth-order valence-corrected chi connectivity index (χ4v) is 3.07. The van der Waals surface area contributed by atoms with Crippen molar-refractivity contribution >= 4 is 0 Å². The van der Waals surface area contributed by atoms with Gasteiger partial charge in [-0.05, 0) is 37.0 Å². The van der Waals surface area contributed by atoms with Gasteiger partial charge in [0.05, 0.1) is 0 Å². The third kappa shape index (κ3) is 3.34. The first-order valence-corrected chi connectivity index (χ1v) is 7.61. The molecule has 1 N–H and O–H groups in total. The van der Waals surface area contributed by atoms with Crippen LogP contribution in [-0.4, -0.2) is 34.6 Å². The van der Waals surface area contributed by atoms with Gasteiger partial charge in [-0.15, -0.1) is 0 Å². The van der Waals surface area contributed by atoms with E-state index in [9.17, 15) is 0 Å². The van der Waals surface area contributed by atoms with Crippen molar-refractivity contribution in [3.63, 3.8) is 0 Å². The quantitative estimate of drug-likeness (QED) is 0.883. The molecular formula is C16H27N3. The first kappa shape index (κ1) is 14.5. The fourth-order valence-electron chi connectivity index (χ4n) is 3.07. The molecule has 1 aromatic heterocycles. The van der Waals surface area contributed by atoms with E-state index in [0.717, 1.165) is 19.6 Å². The zero-order valence-corrected chi connectivity index (χ0v) is 12.5. The van der Waals surface area contributed by atoms with E-state index >= 15 is 0 Å². The summed E-state index contributed by atoms with van der Waals surface area (Å²) in [5.74, 6) is 0. The number of aromatic nitrogens is 1. The van der Waals surface area contributed by atoms with Gasteiger partial charge in [0.1, 0.15) is 0 Å². The average molecular weight is 261 g/mol. The van der Waals surface area contributed by atoms with Crippen molar-refractivity contribution in [2.24, 2.45) is 0 Å². The molecule has 3 nitrogen and oxygen atoms in total. The molecule has 0 bridgehead atoms. The molecule has 1 aromatic rings. The van der Waals surface area contributed by atoms with Gasteiger partial charge in [-0.3, -0.25) is 9.88 Å². The highest BCUT2D eigenvalue weighted by Crippen LogP contribution is 2.25. The van der Waals surface area contributed by atoms with Crippen molar-refractivity contribution in [2.45, 2.75) is 58.2 Å². The highest BCUT2D eigenvalue weighted by Gasteiger charge is 2.35. The van der Waals surface area contributed by atoms with Gasteiger partial charge in [0.25, 0.3) is 0 Å². The van der Waals surface area contributed by atoms with Crippen molar-refractivity contribution in [1.29, 1.82) is 0 Å². The van der Waals surface area contributed by atoms with E-state index in [1.165, 1.54) is 24.8 Å². The van der Waals surface area contributed by atoms with Gasteiger partial charge in [0.15, 0.2) is 0 Å². The van der Waals surface area contributed by atoms with Crippen molar-refractivity contribution in [2.75, 3.05) is 13.1 Å². The van der Waals surface area contributed by atoms with Crippen LogP contribution in [0.3, 0.4) is 0 Å². The van der Waals surface area contributed by atoms with E-state index in [1.54, 1.807) is 0 Å². The minimum absolute atomic E-state index is 0.304. The smallest absolute Gasteiger partial charge is 0.0304 e. The molecule has 1 unspecified atom stereocenters. The van der Waals surface area contributed by atoms with Crippen molar-refractivity contribution < 1.29 is 0 Å². The van der Waals surface area contributed by atoms with Gasteiger partial charge in [-0.2, -0.15) is 0 Å². The fraction of sp³-hybridized carbons (Fsp3) is 0.688. The summed E-state index contributed by atoms with van der Waals surface area (Å²) >= 11 is 0. The van der Waals surface area contributed by atoms with E-state index in [0.29, 0.717) is 11.6 Å². The summed E-state index contributed by atoms with van der Waals surface area (Å²) < 4.78 is 0. The second-order valence-corrected chi connectivity index (χ2v) is 5.69. The third-order valence-corrected chi connectivity index (χ3v) is 4.69. The zero-order valence-electron chi connectivity index (χ0n) is 12.5. The lowest BCUT2D eigenvalue weighted by molar-refractivity contribution is 0.0643. The summed E-state index contributed by atoms with van der Waals surface area (Å²) in [5.41, 5.74) is 1.68. The molecule has 2 heterocycles. The van der Waals surface area contributed by atoms with Gasteiger partial charge in [0.2, 0.25) is 0 Å². The predicted molar refractivity (Wildman–Crippen MR) is 80.0 cm³/mol. The molecule has 0 amide bonds. The number of nitrogens with zero attached hydrogens (tertiary/aromatic N) is 2. The second kappa shape index (κ2) is 6.49. The molecule has 0 radical (unpaired) electrons. The normalized spacial score (nSPS) is 23.4. The Hall–Kier alpha value is -0.930. The molecule has 2 rings (SSSR count). The minimum atomic E-state index is 0.304. The Labute approximate surface area is 117 Å². The SMILES string of the molecule is CCC1CNC(CC)(CC)CN1Cc1ccncc1. The summed E-state index contributed by atoms with van der Waals surface area (Å²) in [6.45, 7) is 10.2. The van der Waals surface area contributed by atoms with Crippen LogP contribution >= 0.6 is 0 Å². The second-order valence-electron chi connectivity index (χ2n) is 5.69. The summed E-state index contributed by atoms with van der Waals surface area (Å²) in [4.78, 5) is 6.76. The monoisotopic (exact) mass is 261 g/mol. The van der Waals surface area contributed by atoms with Crippen molar-refractivity contribution in [3.8, 4) is 0 Å². The molecule has 0 saturated carbocycles. The Bertz CT molecular complexity index is 373. The van der Waals surface area contributed by atoms with Crippen LogP contribution in [0.2, 0.25) is 0 Å². The van der Waals surface area contributed by atoms with E-state index < -0.39 is 0 Å². The molecule has 1 aliphatic heterocycles. The highest BCUT2D eigenvalue weighted by atomic mass is 15.2. The van der Waals surface area contributed by atoms with Crippen LogP contribution in [-0.2, 0) is 6.54 Å². The van der Waals surface area contributed by atoms with Crippen molar-refractivity contribution in [3.05, 3.63) is 30.1 Å².